The molecule has 0 heterocycles. The minimum atomic E-state index is -0.769. The third-order valence-electron chi connectivity index (χ3n) is 8.02. The molecule has 262 valence electrons. The van der Waals surface area contributed by atoms with E-state index in [1.165, 1.54) is 96.8 Å². The largest absolute Gasteiger partial charge is 0.462 e. The molecule has 45 heavy (non-hydrogen) atoms. The van der Waals surface area contributed by atoms with Crippen LogP contribution >= 0.6 is 0 Å². The van der Waals surface area contributed by atoms with E-state index in [9.17, 15) is 14.4 Å². The lowest BCUT2D eigenvalue weighted by atomic mass is 10.0. The number of ether oxygens (including phenoxy) is 3. The van der Waals surface area contributed by atoms with Crippen molar-refractivity contribution in [2.24, 2.45) is 0 Å². The first-order valence-electron chi connectivity index (χ1n) is 18.8. The number of rotatable bonds is 33. The van der Waals surface area contributed by atoms with Crippen LogP contribution in [0.5, 0.6) is 0 Å². The van der Waals surface area contributed by atoms with Crippen LogP contribution < -0.4 is 0 Å². The highest BCUT2D eigenvalue weighted by atomic mass is 16.6. The topological polar surface area (TPSA) is 78.9 Å². The molecule has 0 spiro atoms. The highest BCUT2D eigenvalue weighted by Crippen LogP contribution is 2.14. The van der Waals surface area contributed by atoms with E-state index in [-0.39, 0.29) is 25.2 Å². The summed E-state index contributed by atoms with van der Waals surface area (Å²) in [6, 6.07) is 0. The molecule has 0 radical (unpaired) electrons. The van der Waals surface area contributed by atoms with Crippen molar-refractivity contribution in [1.82, 2.24) is 0 Å². The summed E-state index contributed by atoms with van der Waals surface area (Å²) in [5.74, 6) is -1.09. The molecule has 0 fully saturated rings. The van der Waals surface area contributed by atoms with Gasteiger partial charge in [-0.3, -0.25) is 14.4 Å². The van der Waals surface area contributed by atoms with Crippen LogP contribution in [0.2, 0.25) is 0 Å². The van der Waals surface area contributed by atoms with E-state index in [2.05, 4.69) is 38.2 Å². The standard InChI is InChI=1S/C39H70O6/c1-4-6-8-10-12-14-16-18-19-21-23-25-27-29-31-33-39(42)45-37(34-43-36(3)40)35-44-38(41)32-30-28-26-24-22-20-17-15-13-11-9-7-5-2/h12,14,18-19,37H,4-11,13,15-17,20-35H2,1-3H3/t37-/m1/s1. The Balaban J connectivity index is 3.89. The van der Waals surface area contributed by atoms with Gasteiger partial charge in [0.25, 0.3) is 0 Å². The minimum absolute atomic E-state index is 0.0849. The van der Waals surface area contributed by atoms with Crippen LogP contribution in [0.3, 0.4) is 0 Å². The molecule has 0 aromatic rings. The molecule has 6 nitrogen and oxygen atoms in total. The Hall–Kier alpha value is -2.11. The van der Waals surface area contributed by atoms with Crippen molar-refractivity contribution in [3.63, 3.8) is 0 Å². The van der Waals surface area contributed by atoms with Crippen LogP contribution in [0.15, 0.2) is 24.3 Å². The lowest BCUT2D eigenvalue weighted by molar-refractivity contribution is -0.166. The molecule has 0 N–H and O–H groups in total. The number of carbonyl (C=O) groups is 3. The molecule has 0 unspecified atom stereocenters. The van der Waals surface area contributed by atoms with E-state index < -0.39 is 12.1 Å². The lowest BCUT2D eigenvalue weighted by Crippen LogP contribution is -2.30. The Morgan fingerprint density at radius 3 is 1.40 bits per heavy atom. The van der Waals surface area contributed by atoms with Gasteiger partial charge in [-0.1, -0.05) is 147 Å². The second kappa shape index (κ2) is 34.8. The van der Waals surface area contributed by atoms with Crippen molar-refractivity contribution in [3.05, 3.63) is 24.3 Å². The van der Waals surface area contributed by atoms with Crippen molar-refractivity contribution in [2.45, 2.75) is 194 Å². The number of hydrogen-bond acceptors (Lipinski definition) is 6. The third kappa shape index (κ3) is 34.6. The summed E-state index contributed by atoms with van der Waals surface area (Å²) in [4.78, 5) is 35.9. The van der Waals surface area contributed by atoms with E-state index in [4.69, 9.17) is 14.2 Å². The van der Waals surface area contributed by atoms with Gasteiger partial charge in [0.2, 0.25) is 0 Å². The van der Waals surface area contributed by atoms with E-state index >= 15 is 0 Å². The monoisotopic (exact) mass is 635 g/mol. The Bertz CT molecular complexity index is 744. The Morgan fingerprint density at radius 2 is 0.889 bits per heavy atom. The summed E-state index contributed by atoms with van der Waals surface area (Å²) in [7, 11) is 0. The van der Waals surface area contributed by atoms with Crippen LogP contribution in [0, 0.1) is 0 Å². The lowest BCUT2D eigenvalue weighted by Gasteiger charge is -2.17. The van der Waals surface area contributed by atoms with Crippen LogP contribution in [-0.2, 0) is 28.6 Å². The SMILES string of the molecule is CCCCCC=CCC=CCCCCCCCC(=O)O[C@H](COC(C)=O)COC(=O)CCCCCCCCCCCCCCC. The Labute approximate surface area is 277 Å². The number of esters is 3. The molecule has 0 rings (SSSR count). The van der Waals surface area contributed by atoms with Gasteiger partial charge in [-0.2, -0.15) is 0 Å². The fourth-order valence-electron chi connectivity index (χ4n) is 5.20. The number of allylic oxidation sites excluding steroid dienone is 4. The first-order chi connectivity index (χ1) is 22.0. The highest BCUT2D eigenvalue weighted by Gasteiger charge is 2.18. The fraction of sp³-hybridized carbons (Fsp3) is 0.821. The van der Waals surface area contributed by atoms with Gasteiger partial charge in [-0.15, -0.1) is 0 Å². The summed E-state index contributed by atoms with van der Waals surface area (Å²) >= 11 is 0. The molecule has 0 aromatic carbocycles. The van der Waals surface area contributed by atoms with Crippen molar-refractivity contribution < 1.29 is 28.6 Å². The fourth-order valence-corrected chi connectivity index (χ4v) is 5.20. The van der Waals surface area contributed by atoms with E-state index in [0.29, 0.717) is 12.8 Å². The molecule has 0 aliphatic carbocycles. The molecule has 0 amide bonds. The summed E-state index contributed by atoms with van der Waals surface area (Å²) in [6.07, 6.45) is 37.6. The Morgan fingerprint density at radius 1 is 0.489 bits per heavy atom. The molecule has 0 aliphatic heterocycles. The first kappa shape index (κ1) is 42.9. The highest BCUT2D eigenvalue weighted by molar-refractivity contribution is 5.70. The summed E-state index contributed by atoms with van der Waals surface area (Å²) < 4.78 is 15.9. The molecule has 0 aromatic heterocycles. The van der Waals surface area contributed by atoms with Gasteiger partial charge in [-0.05, 0) is 44.9 Å². The zero-order chi connectivity index (χ0) is 33.1. The van der Waals surface area contributed by atoms with E-state index in [1.807, 2.05) is 0 Å². The molecule has 0 saturated carbocycles. The minimum Gasteiger partial charge on any atom is -0.462 e. The first-order valence-corrected chi connectivity index (χ1v) is 18.8. The van der Waals surface area contributed by atoms with Gasteiger partial charge >= 0.3 is 17.9 Å². The van der Waals surface area contributed by atoms with Crippen LogP contribution in [0.25, 0.3) is 0 Å². The summed E-state index contributed by atoms with van der Waals surface area (Å²) in [5, 5.41) is 0. The predicted molar refractivity (Wildman–Crippen MR) is 187 cm³/mol. The zero-order valence-electron chi connectivity index (χ0n) is 29.6. The van der Waals surface area contributed by atoms with Gasteiger partial charge in [-0.25, -0.2) is 0 Å². The van der Waals surface area contributed by atoms with Crippen molar-refractivity contribution in [2.75, 3.05) is 13.2 Å². The normalized spacial score (nSPS) is 12.2. The van der Waals surface area contributed by atoms with Crippen LogP contribution in [0.1, 0.15) is 188 Å². The van der Waals surface area contributed by atoms with Gasteiger partial charge in [0.15, 0.2) is 6.10 Å². The van der Waals surface area contributed by atoms with Crippen molar-refractivity contribution >= 4 is 17.9 Å². The molecule has 0 bridgehead atoms. The molecular weight excluding hydrogens is 564 g/mol. The van der Waals surface area contributed by atoms with Gasteiger partial charge in [0.05, 0.1) is 0 Å². The maximum Gasteiger partial charge on any atom is 0.306 e. The van der Waals surface area contributed by atoms with Crippen molar-refractivity contribution in [1.29, 1.82) is 0 Å². The van der Waals surface area contributed by atoms with E-state index in [1.54, 1.807) is 0 Å². The summed E-state index contributed by atoms with van der Waals surface area (Å²) in [6.45, 7) is 5.61. The van der Waals surface area contributed by atoms with Crippen molar-refractivity contribution in [3.8, 4) is 0 Å². The number of hydrogen-bond donors (Lipinski definition) is 0. The maximum atomic E-state index is 12.4. The third-order valence-corrected chi connectivity index (χ3v) is 8.02. The molecular formula is C39H70O6. The second-order valence-electron chi connectivity index (χ2n) is 12.6. The average Bonchev–Trinajstić information content (AvgIpc) is 3.02. The number of unbranched alkanes of at least 4 members (excludes halogenated alkanes) is 20. The molecule has 0 aliphatic rings. The summed E-state index contributed by atoms with van der Waals surface area (Å²) in [5.41, 5.74) is 0. The molecule has 1 atom stereocenters. The van der Waals surface area contributed by atoms with Crippen LogP contribution in [0.4, 0.5) is 0 Å². The zero-order valence-corrected chi connectivity index (χ0v) is 29.6. The maximum absolute atomic E-state index is 12.4. The van der Waals surface area contributed by atoms with Crippen LogP contribution in [-0.4, -0.2) is 37.2 Å². The van der Waals surface area contributed by atoms with Gasteiger partial charge in [0.1, 0.15) is 13.2 Å². The van der Waals surface area contributed by atoms with Gasteiger partial charge < -0.3 is 14.2 Å². The second-order valence-corrected chi connectivity index (χ2v) is 12.6. The molecule has 0 saturated heterocycles. The quantitative estimate of drug-likeness (QED) is 0.0309. The molecule has 6 heteroatoms. The Kier molecular flexibility index (Phi) is 33.1. The predicted octanol–water partition coefficient (Wildman–Crippen LogP) is 11.3. The van der Waals surface area contributed by atoms with Gasteiger partial charge in [0, 0.05) is 19.8 Å². The smallest absolute Gasteiger partial charge is 0.306 e. The number of carbonyl (C=O) groups excluding carboxylic acids is 3. The average molecular weight is 635 g/mol. The van der Waals surface area contributed by atoms with E-state index in [0.717, 1.165) is 64.2 Å².